The molecule has 3 rings (SSSR count). The fraction of sp³-hybridized carbons (Fsp3) is 0.556. The number of carbonyl (C=O) groups excluding carboxylic acids is 2. The third-order valence-electron chi connectivity index (χ3n) is 4.66. The topological polar surface area (TPSA) is 70.7 Å². The molecule has 2 amide bonds. The van der Waals surface area contributed by atoms with Gasteiger partial charge in [-0.15, -0.1) is 0 Å². The van der Waals surface area contributed by atoms with Gasteiger partial charge in [-0.3, -0.25) is 9.59 Å². The molecule has 130 valence electrons. The van der Waals surface area contributed by atoms with Crippen molar-refractivity contribution in [1.82, 2.24) is 15.5 Å². The average Bonchev–Trinajstić information content (AvgIpc) is 3.13. The third kappa shape index (κ3) is 4.47. The lowest BCUT2D eigenvalue weighted by Gasteiger charge is -2.32. The highest BCUT2D eigenvalue weighted by Gasteiger charge is 2.30. The van der Waals surface area contributed by atoms with Crippen LogP contribution in [-0.2, 0) is 9.59 Å². The van der Waals surface area contributed by atoms with E-state index >= 15 is 0 Å². The van der Waals surface area contributed by atoms with E-state index in [1.54, 1.807) is 4.90 Å². The molecule has 2 fully saturated rings. The summed E-state index contributed by atoms with van der Waals surface area (Å²) in [5, 5.41) is 6.34. The van der Waals surface area contributed by atoms with Crippen LogP contribution >= 0.6 is 0 Å². The summed E-state index contributed by atoms with van der Waals surface area (Å²) in [6.45, 7) is 3.00. The van der Waals surface area contributed by atoms with Gasteiger partial charge in [0.25, 0.3) is 5.91 Å². The molecule has 24 heavy (non-hydrogen) atoms. The summed E-state index contributed by atoms with van der Waals surface area (Å²) in [5.74, 6) is 0.593. The molecular formula is C18H25N3O3. The lowest BCUT2D eigenvalue weighted by atomic mass is 9.96. The van der Waals surface area contributed by atoms with Crippen molar-refractivity contribution in [2.24, 2.45) is 5.92 Å². The lowest BCUT2D eigenvalue weighted by Crippen LogP contribution is -2.48. The Balaban J connectivity index is 1.47. The number of likely N-dealkylation sites (tertiary alicyclic amines) is 1. The van der Waals surface area contributed by atoms with Gasteiger partial charge < -0.3 is 20.3 Å². The van der Waals surface area contributed by atoms with Gasteiger partial charge >= 0.3 is 0 Å². The maximum Gasteiger partial charge on any atom is 0.260 e. The maximum atomic E-state index is 12.4. The molecule has 0 aliphatic carbocycles. The van der Waals surface area contributed by atoms with Gasteiger partial charge in [-0.2, -0.15) is 0 Å². The van der Waals surface area contributed by atoms with E-state index in [1.165, 1.54) is 0 Å². The molecular weight excluding hydrogens is 306 g/mol. The van der Waals surface area contributed by atoms with Crippen molar-refractivity contribution in [2.45, 2.75) is 25.3 Å². The Morgan fingerprint density at radius 3 is 2.83 bits per heavy atom. The third-order valence-corrected chi connectivity index (χ3v) is 4.66. The maximum absolute atomic E-state index is 12.4. The largest absolute Gasteiger partial charge is 0.484 e. The normalized spacial score (nSPS) is 23.8. The summed E-state index contributed by atoms with van der Waals surface area (Å²) in [6.07, 6.45) is 2.68. The molecule has 6 nitrogen and oxygen atoms in total. The number of hydrogen-bond acceptors (Lipinski definition) is 4. The van der Waals surface area contributed by atoms with Crippen LogP contribution in [0.4, 0.5) is 0 Å². The van der Waals surface area contributed by atoms with Crippen LogP contribution in [0.3, 0.4) is 0 Å². The Bertz CT molecular complexity index is 558. The Kier molecular flexibility index (Phi) is 5.69. The molecule has 0 saturated carbocycles. The molecule has 2 aliphatic rings. The SMILES string of the molecule is O=C(NC1CCNC1)C1CCCN(C(=O)COc2ccccc2)C1. The summed E-state index contributed by atoms with van der Waals surface area (Å²) in [6, 6.07) is 9.54. The molecule has 2 N–H and O–H groups in total. The Morgan fingerprint density at radius 1 is 1.25 bits per heavy atom. The van der Waals surface area contributed by atoms with Gasteiger partial charge in [-0.05, 0) is 37.9 Å². The summed E-state index contributed by atoms with van der Waals surface area (Å²) < 4.78 is 5.52. The lowest BCUT2D eigenvalue weighted by molar-refractivity contribution is -0.137. The van der Waals surface area contributed by atoms with Gasteiger partial charge in [-0.25, -0.2) is 0 Å². The molecule has 2 unspecified atom stereocenters. The Hall–Kier alpha value is -2.08. The van der Waals surface area contributed by atoms with E-state index in [4.69, 9.17) is 4.74 Å². The molecule has 2 saturated heterocycles. The number of nitrogens with zero attached hydrogens (tertiary/aromatic N) is 1. The van der Waals surface area contributed by atoms with Crippen LogP contribution in [0.5, 0.6) is 5.75 Å². The van der Waals surface area contributed by atoms with Gasteiger partial charge in [0, 0.05) is 25.7 Å². The minimum Gasteiger partial charge on any atom is -0.484 e. The van der Waals surface area contributed by atoms with Crippen molar-refractivity contribution in [1.29, 1.82) is 0 Å². The number of amides is 2. The van der Waals surface area contributed by atoms with E-state index in [2.05, 4.69) is 10.6 Å². The summed E-state index contributed by atoms with van der Waals surface area (Å²) in [7, 11) is 0. The van der Waals surface area contributed by atoms with Crippen molar-refractivity contribution < 1.29 is 14.3 Å². The minimum absolute atomic E-state index is 0.0187. The molecule has 0 radical (unpaired) electrons. The van der Waals surface area contributed by atoms with Gasteiger partial charge in [0.15, 0.2) is 6.61 Å². The summed E-state index contributed by atoms with van der Waals surface area (Å²) in [5.41, 5.74) is 0. The first-order chi connectivity index (χ1) is 11.7. The van der Waals surface area contributed by atoms with E-state index in [0.29, 0.717) is 18.8 Å². The molecule has 1 aromatic carbocycles. The molecule has 0 spiro atoms. The monoisotopic (exact) mass is 331 g/mol. The van der Waals surface area contributed by atoms with Gasteiger partial charge in [0.1, 0.15) is 5.75 Å². The second-order valence-electron chi connectivity index (χ2n) is 6.48. The predicted molar refractivity (Wildman–Crippen MR) is 90.7 cm³/mol. The van der Waals surface area contributed by atoms with Gasteiger partial charge in [0.2, 0.25) is 5.91 Å². The molecule has 0 aromatic heterocycles. The van der Waals surface area contributed by atoms with Crippen LogP contribution in [0.25, 0.3) is 0 Å². The predicted octanol–water partition coefficient (Wildman–Crippen LogP) is 0.782. The Labute approximate surface area is 142 Å². The Morgan fingerprint density at radius 2 is 2.08 bits per heavy atom. The highest BCUT2D eigenvalue weighted by atomic mass is 16.5. The second-order valence-corrected chi connectivity index (χ2v) is 6.48. The fourth-order valence-corrected chi connectivity index (χ4v) is 3.27. The molecule has 2 atom stereocenters. The fourth-order valence-electron chi connectivity index (χ4n) is 3.27. The highest BCUT2D eigenvalue weighted by Crippen LogP contribution is 2.18. The summed E-state index contributed by atoms with van der Waals surface area (Å²) in [4.78, 5) is 26.5. The van der Waals surface area contributed by atoms with Crippen LogP contribution in [0, 0.1) is 5.92 Å². The number of hydrogen-bond donors (Lipinski definition) is 2. The van der Waals surface area contributed by atoms with Crippen molar-refractivity contribution >= 4 is 11.8 Å². The van der Waals surface area contributed by atoms with Gasteiger partial charge in [-0.1, -0.05) is 18.2 Å². The van der Waals surface area contributed by atoms with Crippen molar-refractivity contribution in [3.8, 4) is 5.75 Å². The smallest absolute Gasteiger partial charge is 0.260 e. The van der Waals surface area contributed by atoms with E-state index in [9.17, 15) is 9.59 Å². The number of para-hydroxylation sites is 1. The van der Waals surface area contributed by atoms with Crippen molar-refractivity contribution in [3.63, 3.8) is 0 Å². The highest BCUT2D eigenvalue weighted by molar-refractivity contribution is 5.82. The first-order valence-electron chi connectivity index (χ1n) is 8.69. The van der Waals surface area contributed by atoms with Crippen molar-refractivity contribution in [3.05, 3.63) is 30.3 Å². The van der Waals surface area contributed by atoms with E-state index in [1.807, 2.05) is 30.3 Å². The molecule has 0 bridgehead atoms. The number of rotatable bonds is 5. The van der Waals surface area contributed by atoms with Crippen LogP contribution in [-0.4, -0.2) is 55.5 Å². The molecule has 2 aliphatic heterocycles. The van der Waals surface area contributed by atoms with Crippen LogP contribution in [0.2, 0.25) is 0 Å². The van der Waals surface area contributed by atoms with E-state index < -0.39 is 0 Å². The van der Waals surface area contributed by atoms with Crippen LogP contribution < -0.4 is 15.4 Å². The first kappa shape index (κ1) is 16.8. The van der Waals surface area contributed by atoms with E-state index in [0.717, 1.165) is 32.4 Å². The number of carbonyl (C=O) groups is 2. The number of ether oxygens (including phenoxy) is 1. The zero-order valence-corrected chi connectivity index (χ0v) is 13.9. The number of benzene rings is 1. The first-order valence-corrected chi connectivity index (χ1v) is 8.69. The number of piperidine rings is 1. The van der Waals surface area contributed by atoms with E-state index in [-0.39, 0.29) is 30.4 Å². The van der Waals surface area contributed by atoms with Crippen LogP contribution in [0.1, 0.15) is 19.3 Å². The molecule has 1 aromatic rings. The quantitative estimate of drug-likeness (QED) is 0.837. The molecule has 2 heterocycles. The average molecular weight is 331 g/mol. The minimum atomic E-state index is -0.111. The van der Waals surface area contributed by atoms with Crippen LogP contribution in [0.15, 0.2) is 30.3 Å². The second kappa shape index (κ2) is 8.15. The standard InChI is InChI=1S/C18H25N3O3/c22-17(13-24-16-6-2-1-3-7-16)21-10-4-5-14(12-21)18(23)20-15-8-9-19-11-15/h1-3,6-7,14-15,19H,4-5,8-13H2,(H,20,23). The van der Waals surface area contributed by atoms with Crippen molar-refractivity contribution in [2.75, 3.05) is 32.8 Å². The van der Waals surface area contributed by atoms with Gasteiger partial charge in [0.05, 0.1) is 5.92 Å². The number of nitrogens with one attached hydrogen (secondary N) is 2. The zero-order chi connectivity index (χ0) is 16.8. The summed E-state index contributed by atoms with van der Waals surface area (Å²) >= 11 is 0. The zero-order valence-electron chi connectivity index (χ0n) is 13.9. The molecule has 6 heteroatoms.